The van der Waals surface area contributed by atoms with E-state index in [4.69, 9.17) is 4.74 Å². The van der Waals surface area contributed by atoms with Gasteiger partial charge in [0.1, 0.15) is 0 Å². The minimum Gasteiger partial charge on any atom is -0.377 e. The number of morpholine rings is 1. The molecule has 0 bridgehead atoms. The van der Waals surface area contributed by atoms with Gasteiger partial charge in [0.2, 0.25) is 5.95 Å². The van der Waals surface area contributed by atoms with E-state index in [0.29, 0.717) is 6.04 Å². The molecule has 100 valence electrons. The number of rotatable bonds is 5. The number of aromatic nitrogens is 2. The smallest absolute Gasteiger partial charge is 0.225 e. The van der Waals surface area contributed by atoms with Crippen LogP contribution in [-0.4, -0.2) is 42.3 Å². The second-order valence-corrected chi connectivity index (χ2v) is 4.69. The number of hydrogen-bond donors (Lipinski definition) is 1. The van der Waals surface area contributed by atoms with Crippen LogP contribution in [0.15, 0.2) is 12.4 Å². The van der Waals surface area contributed by atoms with Gasteiger partial charge in [0.15, 0.2) is 0 Å². The van der Waals surface area contributed by atoms with E-state index < -0.39 is 0 Å². The first kappa shape index (κ1) is 13.2. The molecule has 0 aromatic carbocycles. The molecule has 1 atom stereocenters. The molecule has 5 heteroatoms. The van der Waals surface area contributed by atoms with Crippen molar-refractivity contribution < 1.29 is 4.74 Å². The summed E-state index contributed by atoms with van der Waals surface area (Å²) in [6.45, 7) is 8.55. The first-order valence-corrected chi connectivity index (χ1v) is 6.67. The second-order valence-electron chi connectivity index (χ2n) is 4.69. The van der Waals surface area contributed by atoms with Crippen molar-refractivity contribution in [2.24, 2.45) is 0 Å². The van der Waals surface area contributed by atoms with Gasteiger partial charge in [-0.1, -0.05) is 6.92 Å². The molecule has 0 aliphatic carbocycles. The van der Waals surface area contributed by atoms with E-state index in [-0.39, 0.29) is 0 Å². The van der Waals surface area contributed by atoms with E-state index in [0.717, 1.165) is 50.8 Å². The predicted molar refractivity (Wildman–Crippen MR) is 71.7 cm³/mol. The summed E-state index contributed by atoms with van der Waals surface area (Å²) in [5.74, 6) is 0.810. The van der Waals surface area contributed by atoms with E-state index in [1.807, 2.05) is 12.4 Å². The lowest BCUT2D eigenvalue weighted by molar-refractivity contribution is 0.0981. The molecule has 1 saturated heterocycles. The Kier molecular flexibility index (Phi) is 4.90. The molecule has 1 aromatic rings. The van der Waals surface area contributed by atoms with Crippen LogP contribution in [0.5, 0.6) is 0 Å². The van der Waals surface area contributed by atoms with E-state index in [1.165, 1.54) is 0 Å². The van der Waals surface area contributed by atoms with Crippen molar-refractivity contribution in [3.8, 4) is 0 Å². The molecule has 5 nitrogen and oxygen atoms in total. The average Bonchev–Trinajstić information content (AvgIpc) is 2.41. The molecule has 2 heterocycles. The van der Waals surface area contributed by atoms with Crippen molar-refractivity contribution in [3.05, 3.63) is 18.0 Å². The zero-order valence-electron chi connectivity index (χ0n) is 11.2. The topological polar surface area (TPSA) is 50.3 Å². The Morgan fingerprint density at radius 3 is 2.89 bits per heavy atom. The molecule has 0 radical (unpaired) electrons. The summed E-state index contributed by atoms with van der Waals surface area (Å²) in [6.07, 6.45) is 4.96. The summed E-state index contributed by atoms with van der Waals surface area (Å²) in [5.41, 5.74) is 1.13. The van der Waals surface area contributed by atoms with Crippen LogP contribution in [0.25, 0.3) is 0 Å². The maximum absolute atomic E-state index is 5.42. The Morgan fingerprint density at radius 2 is 2.22 bits per heavy atom. The van der Waals surface area contributed by atoms with Gasteiger partial charge in [-0.25, -0.2) is 9.97 Å². The molecule has 1 N–H and O–H groups in total. The first-order chi connectivity index (χ1) is 8.81. The van der Waals surface area contributed by atoms with Crippen LogP contribution < -0.4 is 10.2 Å². The average molecular weight is 250 g/mol. The highest BCUT2D eigenvalue weighted by Gasteiger charge is 2.20. The van der Waals surface area contributed by atoms with Crippen molar-refractivity contribution in [1.29, 1.82) is 0 Å². The zero-order chi connectivity index (χ0) is 12.8. The van der Waals surface area contributed by atoms with Gasteiger partial charge in [0.05, 0.1) is 19.3 Å². The van der Waals surface area contributed by atoms with Crippen molar-refractivity contribution in [1.82, 2.24) is 15.3 Å². The lowest BCUT2D eigenvalue weighted by Crippen LogP contribution is -2.44. The molecule has 1 unspecified atom stereocenters. The lowest BCUT2D eigenvalue weighted by atomic mass is 10.2. The number of nitrogens with zero attached hydrogens (tertiary/aromatic N) is 3. The standard InChI is InChI=1S/C13H22N4O/c1-3-4-14-7-12-8-15-13(16-9-12)17-5-6-18-10-11(17)2/h8-9,11,14H,3-7,10H2,1-2H3. The fourth-order valence-electron chi connectivity index (χ4n) is 2.02. The van der Waals surface area contributed by atoms with Crippen LogP contribution in [0.2, 0.25) is 0 Å². The highest BCUT2D eigenvalue weighted by Crippen LogP contribution is 2.14. The minimum atomic E-state index is 0.350. The van der Waals surface area contributed by atoms with Gasteiger partial charge in [-0.15, -0.1) is 0 Å². The SMILES string of the molecule is CCCNCc1cnc(N2CCOCC2C)nc1. The van der Waals surface area contributed by atoms with Crippen LogP contribution in [0.3, 0.4) is 0 Å². The van der Waals surface area contributed by atoms with Crippen LogP contribution in [0.4, 0.5) is 5.95 Å². The van der Waals surface area contributed by atoms with E-state index in [2.05, 4.69) is 34.0 Å². The highest BCUT2D eigenvalue weighted by molar-refractivity contribution is 5.32. The molecule has 2 rings (SSSR count). The normalized spacial score (nSPS) is 20.1. The summed E-state index contributed by atoms with van der Waals surface area (Å²) in [4.78, 5) is 11.1. The van der Waals surface area contributed by atoms with Crippen LogP contribution in [-0.2, 0) is 11.3 Å². The quantitative estimate of drug-likeness (QED) is 0.796. The van der Waals surface area contributed by atoms with Gasteiger partial charge < -0.3 is 15.0 Å². The molecule has 0 amide bonds. The third-order valence-corrected chi connectivity index (χ3v) is 3.07. The maximum Gasteiger partial charge on any atom is 0.225 e. The molecule has 0 saturated carbocycles. The third-order valence-electron chi connectivity index (χ3n) is 3.07. The number of ether oxygens (including phenoxy) is 1. The molecule has 1 aliphatic heterocycles. The summed E-state index contributed by atoms with van der Waals surface area (Å²) >= 11 is 0. The summed E-state index contributed by atoms with van der Waals surface area (Å²) < 4.78 is 5.42. The van der Waals surface area contributed by atoms with Crippen LogP contribution in [0.1, 0.15) is 25.8 Å². The fraction of sp³-hybridized carbons (Fsp3) is 0.692. The Hall–Kier alpha value is -1.20. The van der Waals surface area contributed by atoms with Crippen molar-refractivity contribution >= 4 is 5.95 Å². The third kappa shape index (κ3) is 3.40. The summed E-state index contributed by atoms with van der Waals surface area (Å²) in [7, 11) is 0. The van der Waals surface area contributed by atoms with Gasteiger partial charge >= 0.3 is 0 Å². The molecule has 1 aliphatic rings. The maximum atomic E-state index is 5.42. The van der Waals surface area contributed by atoms with Crippen LogP contribution >= 0.6 is 0 Å². The van der Waals surface area contributed by atoms with Gasteiger partial charge in [-0.2, -0.15) is 0 Å². The first-order valence-electron chi connectivity index (χ1n) is 6.67. The molecular weight excluding hydrogens is 228 g/mol. The molecule has 18 heavy (non-hydrogen) atoms. The minimum absolute atomic E-state index is 0.350. The molecule has 1 fully saturated rings. The Morgan fingerprint density at radius 1 is 1.44 bits per heavy atom. The number of hydrogen-bond acceptors (Lipinski definition) is 5. The molecule has 1 aromatic heterocycles. The van der Waals surface area contributed by atoms with Gasteiger partial charge in [0, 0.05) is 31.0 Å². The predicted octanol–water partition coefficient (Wildman–Crippen LogP) is 1.20. The summed E-state index contributed by atoms with van der Waals surface area (Å²) in [6, 6.07) is 0.350. The van der Waals surface area contributed by atoms with Gasteiger partial charge in [-0.05, 0) is 19.9 Å². The van der Waals surface area contributed by atoms with Crippen LogP contribution in [0, 0.1) is 0 Å². The van der Waals surface area contributed by atoms with E-state index in [1.54, 1.807) is 0 Å². The van der Waals surface area contributed by atoms with Gasteiger partial charge in [0.25, 0.3) is 0 Å². The molecular formula is C13H22N4O. The van der Waals surface area contributed by atoms with Gasteiger partial charge in [-0.3, -0.25) is 0 Å². The molecule has 0 spiro atoms. The number of anilines is 1. The Balaban J connectivity index is 1.94. The zero-order valence-corrected chi connectivity index (χ0v) is 11.2. The number of nitrogens with one attached hydrogen (secondary N) is 1. The fourth-order valence-corrected chi connectivity index (χ4v) is 2.02. The van der Waals surface area contributed by atoms with Crippen molar-refractivity contribution in [2.45, 2.75) is 32.9 Å². The van der Waals surface area contributed by atoms with Crippen molar-refractivity contribution in [3.63, 3.8) is 0 Å². The lowest BCUT2D eigenvalue weighted by Gasteiger charge is -2.33. The highest BCUT2D eigenvalue weighted by atomic mass is 16.5. The van der Waals surface area contributed by atoms with E-state index >= 15 is 0 Å². The Labute approximate surface area is 109 Å². The summed E-state index contributed by atoms with van der Waals surface area (Å²) in [5, 5.41) is 3.35. The van der Waals surface area contributed by atoms with E-state index in [9.17, 15) is 0 Å². The second kappa shape index (κ2) is 6.66. The van der Waals surface area contributed by atoms with Crippen molar-refractivity contribution in [2.75, 3.05) is 31.2 Å². The largest absolute Gasteiger partial charge is 0.377 e. The Bertz CT molecular complexity index is 355. The monoisotopic (exact) mass is 250 g/mol.